The maximum absolute atomic E-state index is 11.1. The number of carbonyl (C=O) groups is 1. The lowest BCUT2D eigenvalue weighted by Crippen LogP contribution is -2.27. The molecule has 1 heterocycles. The van der Waals surface area contributed by atoms with Crippen molar-refractivity contribution in [2.24, 2.45) is 0 Å². The van der Waals surface area contributed by atoms with E-state index in [0.29, 0.717) is 6.04 Å². The summed E-state index contributed by atoms with van der Waals surface area (Å²) >= 11 is 0. The second-order valence-electron chi connectivity index (χ2n) is 3.98. The van der Waals surface area contributed by atoms with Gasteiger partial charge in [0, 0.05) is 6.54 Å². The molecule has 0 aromatic carbocycles. The fourth-order valence-corrected chi connectivity index (χ4v) is 0.813. The van der Waals surface area contributed by atoms with Crippen molar-refractivity contribution < 1.29 is 9.53 Å². The van der Waals surface area contributed by atoms with Gasteiger partial charge in [-0.05, 0) is 27.7 Å². The largest absolute Gasteiger partial charge is 0.444 e. The van der Waals surface area contributed by atoms with Gasteiger partial charge in [0.15, 0.2) is 0 Å². The van der Waals surface area contributed by atoms with Gasteiger partial charge in [-0.2, -0.15) is 0 Å². The molecule has 1 saturated heterocycles. The Morgan fingerprint density at radius 2 is 2.00 bits per heavy atom. The summed E-state index contributed by atoms with van der Waals surface area (Å²) in [7, 11) is 0. The molecule has 0 aromatic rings. The number of carbonyl (C=O) groups excluding carboxylic acids is 1. The minimum absolute atomic E-state index is 0.190. The second kappa shape index (κ2) is 2.40. The molecule has 1 amide bonds. The van der Waals surface area contributed by atoms with Crippen molar-refractivity contribution in [2.45, 2.75) is 39.3 Å². The van der Waals surface area contributed by atoms with Crippen LogP contribution in [0.2, 0.25) is 0 Å². The van der Waals surface area contributed by atoms with Crippen LogP contribution in [-0.4, -0.2) is 29.2 Å². The van der Waals surface area contributed by atoms with Crippen molar-refractivity contribution in [3.63, 3.8) is 0 Å². The highest BCUT2D eigenvalue weighted by Crippen LogP contribution is 2.20. The number of amides is 1. The minimum atomic E-state index is -0.362. The molecule has 3 nitrogen and oxygen atoms in total. The predicted octanol–water partition coefficient (Wildman–Crippen LogP) is 1.63. The summed E-state index contributed by atoms with van der Waals surface area (Å²) in [4.78, 5) is 12.8. The molecular formula is C8H15NO2. The Morgan fingerprint density at radius 3 is 2.27 bits per heavy atom. The normalized spacial score (nSPS) is 23.3. The fraction of sp³-hybridized carbons (Fsp3) is 0.875. The van der Waals surface area contributed by atoms with E-state index in [-0.39, 0.29) is 11.7 Å². The molecule has 0 spiro atoms. The van der Waals surface area contributed by atoms with E-state index in [4.69, 9.17) is 4.74 Å². The molecule has 1 atom stereocenters. The van der Waals surface area contributed by atoms with Crippen molar-refractivity contribution in [3.8, 4) is 0 Å². The van der Waals surface area contributed by atoms with Crippen LogP contribution in [-0.2, 0) is 4.74 Å². The monoisotopic (exact) mass is 157 g/mol. The van der Waals surface area contributed by atoms with Gasteiger partial charge >= 0.3 is 6.09 Å². The van der Waals surface area contributed by atoms with Crippen LogP contribution in [0.5, 0.6) is 0 Å². The van der Waals surface area contributed by atoms with Crippen molar-refractivity contribution in [1.82, 2.24) is 4.90 Å². The van der Waals surface area contributed by atoms with Crippen LogP contribution < -0.4 is 0 Å². The molecule has 1 aliphatic heterocycles. The first-order chi connectivity index (χ1) is 4.90. The quantitative estimate of drug-likeness (QED) is 0.500. The molecule has 1 aliphatic rings. The average molecular weight is 157 g/mol. The second-order valence-corrected chi connectivity index (χ2v) is 3.98. The highest BCUT2D eigenvalue weighted by atomic mass is 16.6. The van der Waals surface area contributed by atoms with Crippen molar-refractivity contribution in [1.29, 1.82) is 0 Å². The van der Waals surface area contributed by atoms with Crippen LogP contribution in [0, 0.1) is 0 Å². The smallest absolute Gasteiger partial charge is 0.410 e. The number of rotatable bonds is 0. The fourth-order valence-electron chi connectivity index (χ4n) is 0.813. The lowest BCUT2D eigenvalue weighted by atomic mass is 10.2. The van der Waals surface area contributed by atoms with Crippen molar-refractivity contribution in [3.05, 3.63) is 0 Å². The van der Waals surface area contributed by atoms with Crippen LogP contribution in [0.1, 0.15) is 27.7 Å². The van der Waals surface area contributed by atoms with Crippen LogP contribution >= 0.6 is 0 Å². The molecule has 1 rings (SSSR count). The molecule has 0 N–H and O–H groups in total. The third-order valence-corrected chi connectivity index (χ3v) is 1.49. The van der Waals surface area contributed by atoms with Gasteiger partial charge in [0.1, 0.15) is 5.60 Å². The molecule has 0 radical (unpaired) electrons. The zero-order valence-corrected chi connectivity index (χ0v) is 7.55. The van der Waals surface area contributed by atoms with E-state index in [1.807, 2.05) is 27.7 Å². The van der Waals surface area contributed by atoms with Gasteiger partial charge < -0.3 is 9.64 Å². The van der Waals surface area contributed by atoms with E-state index in [1.165, 1.54) is 0 Å². The number of ether oxygens (including phenoxy) is 1. The lowest BCUT2D eigenvalue weighted by molar-refractivity contribution is 0.0410. The zero-order chi connectivity index (χ0) is 8.65. The molecule has 0 saturated carbocycles. The number of hydrogen-bond donors (Lipinski definition) is 0. The summed E-state index contributed by atoms with van der Waals surface area (Å²) in [5.41, 5.74) is -0.362. The highest BCUT2D eigenvalue weighted by Gasteiger charge is 2.37. The summed E-state index contributed by atoms with van der Waals surface area (Å²) in [6, 6.07) is 0.379. The molecule has 0 bridgehead atoms. The molecule has 0 aliphatic carbocycles. The molecule has 0 unspecified atom stereocenters. The van der Waals surface area contributed by atoms with Crippen LogP contribution in [0.4, 0.5) is 4.79 Å². The van der Waals surface area contributed by atoms with Gasteiger partial charge in [-0.25, -0.2) is 4.79 Å². The van der Waals surface area contributed by atoms with Gasteiger partial charge in [-0.1, -0.05) is 0 Å². The van der Waals surface area contributed by atoms with E-state index in [1.54, 1.807) is 4.90 Å². The average Bonchev–Trinajstić information content (AvgIpc) is 2.41. The summed E-state index contributed by atoms with van der Waals surface area (Å²) in [6.07, 6.45) is -0.190. The van der Waals surface area contributed by atoms with Crippen molar-refractivity contribution >= 4 is 6.09 Å². The first-order valence-corrected chi connectivity index (χ1v) is 3.90. The molecule has 64 valence electrons. The lowest BCUT2D eigenvalue weighted by Gasteiger charge is -2.19. The van der Waals surface area contributed by atoms with Gasteiger partial charge in [0.2, 0.25) is 0 Å². The summed E-state index contributed by atoms with van der Waals surface area (Å²) in [5.74, 6) is 0. The topological polar surface area (TPSA) is 29.3 Å². The molecule has 11 heavy (non-hydrogen) atoms. The van der Waals surface area contributed by atoms with E-state index in [0.717, 1.165) is 6.54 Å². The van der Waals surface area contributed by atoms with Gasteiger partial charge in [-0.15, -0.1) is 0 Å². The maximum Gasteiger partial charge on any atom is 0.410 e. The van der Waals surface area contributed by atoms with Crippen LogP contribution in [0.15, 0.2) is 0 Å². The van der Waals surface area contributed by atoms with Crippen LogP contribution in [0.3, 0.4) is 0 Å². The Morgan fingerprint density at radius 1 is 1.55 bits per heavy atom. The third kappa shape index (κ3) is 2.41. The number of nitrogens with zero attached hydrogens (tertiary/aromatic N) is 1. The van der Waals surface area contributed by atoms with E-state index < -0.39 is 0 Å². The summed E-state index contributed by atoms with van der Waals surface area (Å²) in [6.45, 7) is 8.47. The SMILES string of the molecule is C[C@@H]1CN1C(=O)OC(C)(C)C. The maximum atomic E-state index is 11.1. The Labute approximate surface area is 67.3 Å². The molecule has 3 heteroatoms. The minimum Gasteiger partial charge on any atom is -0.444 e. The highest BCUT2D eigenvalue weighted by molar-refractivity contribution is 5.71. The summed E-state index contributed by atoms with van der Waals surface area (Å²) < 4.78 is 5.12. The first kappa shape index (κ1) is 8.37. The third-order valence-electron chi connectivity index (χ3n) is 1.49. The number of hydrogen-bond acceptors (Lipinski definition) is 2. The van der Waals surface area contributed by atoms with Gasteiger partial charge in [0.05, 0.1) is 6.04 Å². The van der Waals surface area contributed by atoms with E-state index in [2.05, 4.69) is 0 Å². The van der Waals surface area contributed by atoms with E-state index in [9.17, 15) is 4.79 Å². The first-order valence-electron chi connectivity index (χ1n) is 3.90. The molecule has 1 fully saturated rings. The molecular weight excluding hydrogens is 142 g/mol. The van der Waals surface area contributed by atoms with Crippen LogP contribution in [0.25, 0.3) is 0 Å². The Hall–Kier alpha value is -0.730. The van der Waals surface area contributed by atoms with Gasteiger partial charge in [-0.3, -0.25) is 0 Å². The predicted molar refractivity (Wildman–Crippen MR) is 42.4 cm³/mol. The van der Waals surface area contributed by atoms with Gasteiger partial charge in [0.25, 0.3) is 0 Å². The van der Waals surface area contributed by atoms with E-state index >= 15 is 0 Å². The standard InChI is InChI=1S/C8H15NO2/c1-6-5-9(6)7(10)11-8(2,3)4/h6H,5H2,1-4H3/t6-,9?/m1/s1. The summed E-state index contributed by atoms with van der Waals surface area (Å²) in [5, 5.41) is 0. The zero-order valence-electron chi connectivity index (χ0n) is 7.55. The Balaban J connectivity index is 2.33. The Bertz CT molecular complexity index is 171. The Kier molecular flexibility index (Phi) is 1.82. The van der Waals surface area contributed by atoms with Crippen molar-refractivity contribution in [2.75, 3.05) is 6.54 Å². The molecule has 0 aromatic heterocycles.